The molecule has 0 amide bonds. The van der Waals surface area contributed by atoms with Crippen LogP contribution < -0.4 is 0 Å². The molecule has 0 N–H and O–H groups in total. The first-order valence-electron chi connectivity index (χ1n) is 11.0. The molecule has 31 heavy (non-hydrogen) atoms. The normalized spacial score (nSPS) is 21.9. The molecule has 2 aliphatic carbocycles. The molecule has 2 aliphatic rings. The van der Waals surface area contributed by atoms with Crippen molar-refractivity contribution in [3.05, 3.63) is 144 Å². The maximum absolute atomic E-state index is 2.45. The first-order chi connectivity index (χ1) is 15.3. The molecular weight excluding hydrogens is 372 g/mol. The van der Waals surface area contributed by atoms with E-state index in [1.165, 1.54) is 44.5 Å². The van der Waals surface area contributed by atoms with Gasteiger partial charge in [-0.05, 0) is 44.5 Å². The predicted octanol–water partition coefficient (Wildman–Crippen LogP) is 7.86. The summed E-state index contributed by atoms with van der Waals surface area (Å²) >= 11 is 0. The molecule has 0 radical (unpaired) electrons. The average molecular weight is 397 g/mol. The second-order valence-electron chi connectivity index (χ2n) is 8.68. The zero-order valence-corrected chi connectivity index (χ0v) is 17.6. The highest BCUT2D eigenvalue weighted by atomic mass is 14.6. The maximum atomic E-state index is 2.45. The molecule has 0 heteroatoms. The summed E-state index contributed by atoms with van der Waals surface area (Å²) in [6.45, 7) is 2.45. The van der Waals surface area contributed by atoms with Gasteiger partial charge in [-0.15, -0.1) is 0 Å². The first kappa shape index (κ1) is 18.2. The summed E-state index contributed by atoms with van der Waals surface area (Å²) in [5.41, 5.74) is 11.3. The largest absolute Gasteiger partial charge is 0.0622 e. The van der Waals surface area contributed by atoms with Crippen molar-refractivity contribution < 1.29 is 0 Å². The van der Waals surface area contributed by atoms with Crippen LogP contribution in [0.3, 0.4) is 0 Å². The van der Waals surface area contributed by atoms with Crippen LogP contribution >= 0.6 is 0 Å². The van der Waals surface area contributed by atoms with Crippen LogP contribution in [-0.4, -0.2) is 0 Å². The van der Waals surface area contributed by atoms with E-state index in [9.17, 15) is 0 Å². The lowest BCUT2D eigenvalue weighted by Crippen LogP contribution is -2.49. The van der Waals surface area contributed by atoms with Gasteiger partial charge in [0.1, 0.15) is 0 Å². The quantitative estimate of drug-likeness (QED) is 0.329. The molecule has 0 unspecified atom stereocenters. The number of hydrogen-bond acceptors (Lipinski definition) is 0. The van der Waals surface area contributed by atoms with Crippen molar-refractivity contribution in [1.29, 1.82) is 0 Å². The van der Waals surface area contributed by atoms with Crippen LogP contribution in [0.1, 0.15) is 29.2 Å². The number of hydrogen-bond donors (Lipinski definition) is 0. The van der Waals surface area contributed by atoms with Gasteiger partial charge in [0.25, 0.3) is 0 Å². The summed E-state index contributed by atoms with van der Waals surface area (Å²) in [5.74, 6) is 0.405. The third-order valence-electron chi connectivity index (χ3n) is 7.03. The van der Waals surface area contributed by atoms with E-state index in [-0.39, 0.29) is 5.41 Å². The molecule has 4 aromatic rings. The Balaban J connectivity index is 1.63. The van der Waals surface area contributed by atoms with Gasteiger partial charge in [-0.2, -0.15) is 0 Å². The molecule has 0 saturated carbocycles. The number of benzene rings is 4. The molecular formula is C31H24. The van der Waals surface area contributed by atoms with Crippen molar-refractivity contribution in [3.63, 3.8) is 0 Å². The second kappa shape index (κ2) is 6.96. The van der Waals surface area contributed by atoms with Crippen molar-refractivity contribution in [2.75, 3.05) is 0 Å². The minimum Gasteiger partial charge on any atom is -0.0622 e. The zero-order valence-electron chi connectivity index (χ0n) is 17.6. The molecule has 0 nitrogen and oxygen atoms in total. The maximum Gasteiger partial charge on any atom is 0.0302 e. The Labute approximate surface area is 184 Å². The van der Waals surface area contributed by atoms with E-state index in [2.05, 4.69) is 128 Å². The summed E-state index contributed by atoms with van der Waals surface area (Å²) < 4.78 is 0. The second-order valence-corrected chi connectivity index (χ2v) is 8.68. The van der Waals surface area contributed by atoms with Crippen molar-refractivity contribution >= 4 is 22.3 Å². The summed E-state index contributed by atoms with van der Waals surface area (Å²) in [4.78, 5) is 0. The van der Waals surface area contributed by atoms with E-state index in [4.69, 9.17) is 0 Å². The van der Waals surface area contributed by atoms with E-state index < -0.39 is 0 Å². The van der Waals surface area contributed by atoms with Crippen LogP contribution in [0.2, 0.25) is 0 Å². The number of allylic oxidation sites excluding steroid dienone is 4. The topological polar surface area (TPSA) is 0 Å². The molecule has 0 saturated heterocycles. The molecule has 0 aliphatic heterocycles. The van der Waals surface area contributed by atoms with Crippen LogP contribution in [0.4, 0.5) is 0 Å². The summed E-state index contributed by atoms with van der Waals surface area (Å²) in [7, 11) is 0. The van der Waals surface area contributed by atoms with Gasteiger partial charge in [0, 0.05) is 11.3 Å². The van der Waals surface area contributed by atoms with Gasteiger partial charge in [0.15, 0.2) is 0 Å². The Morgan fingerprint density at radius 1 is 0.419 bits per heavy atom. The van der Waals surface area contributed by atoms with Crippen molar-refractivity contribution in [3.8, 4) is 0 Å². The van der Waals surface area contributed by atoms with Crippen LogP contribution in [0.5, 0.6) is 0 Å². The minimum atomic E-state index is 0.0130. The number of fused-ring (bicyclic) bond motifs is 1. The molecule has 0 aromatic heterocycles. The highest BCUT2D eigenvalue weighted by Gasteiger charge is 2.62. The Bertz CT molecular complexity index is 1190. The Morgan fingerprint density at radius 2 is 0.710 bits per heavy atom. The van der Waals surface area contributed by atoms with Gasteiger partial charge < -0.3 is 0 Å². The van der Waals surface area contributed by atoms with Crippen molar-refractivity contribution in [2.24, 2.45) is 11.3 Å². The monoisotopic (exact) mass is 396 g/mol. The van der Waals surface area contributed by atoms with Crippen LogP contribution in [0.25, 0.3) is 22.3 Å². The van der Waals surface area contributed by atoms with Gasteiger partial charge in [-0.1, -0.05) is 128 Å². The minimum absolute atomic E-state index is 0.0130. The van der Waals surface area contributed by atoms with Gasteiger partial charge in [-0.3, -0.25) is 0 Å². The Hall–Kier alpha value is -3.64. The summed E-state index contributed by atoms with van der Waals surface area (Å²) in [6.07, 6.45) is 0. The van der Waals surface area contributed by atoms with E-state index in [1.54, 1.807) is 0 Å². The molecule has 148 valence electrons. The van der Waals surface area contributed by atoms with Crippen LogP contribution in [0.15, 0.2) is 121 Å². The SMILES string of the molecule is CC12C(c3ccccc3)=C(c3ccccc3)C1C(c1ccccc1)=C2c1ccccc1. The third kappa shape index (κ3) is 2.55. The number of rotatable bonds is 4. The average Bonchev–Trinajstić information content (AvgIpc) is 2.84. The molecule has 0 fully saturated rings. The van der Waals surface area contributed by atoms with E-state index in [0.29, 0.717) is 5.92 Å². The highest BCUT2D eigenvalue weighted by Crippen LogP contribution is 2.76. The van der Waals surface area contributed by atoms with E-state index in [0.717, 1.165) is 0 Å². The van der Waals surface area contributed by atoms with E-state index in [1.807, 2.05) is 0 Å². The zero-order chi connectivity index (χ0) is 20.8. The molecule has 6 rings (SSSR count). The fourth-order valence-electron chi connectivity index (χ4n) is 5.81. The third-order valence-corrected chi connectivity index (χ3v) is 7.03. The standard InChI is InChI=1S/C31H24/c1-31-28(24-18-10-4-11-19-24)26(22-14-6-2-7-15-22)30(31)27(23-16-8-3-9-17-23)29(31)25-20-12-5-13-21-25/h2-21,30H,1H3. The van der Waals surface area contributed by atoms with Crippen molar-refractivity contribution in [1.82, 2.24) is 0 Å². The molecule has 4 aromatic carbocycles. The van der Waals surface area contributed by atoms with Crippen LogP contribution in [-0.2, 0) is 0 Å². The molecule has 0 spiro atoms. The molecule has 0 atom stereocenters. The lowest BCUT2D eigenvalue weighted by atomic mass is 9.40. The Kier molecular flexibility index (Phi) is 4.07. The fraction of sp³-hybridized carbons (Fsp3) is 0.0968. The van der Waals surface area contributed by atoms with E-state index >= 15 is 0 Å². The van der Waals surface area contributed by atoms with Gasteiger partial charge in [-0.25, -0.2) is 0 Å². The highest BCUT2D eigenvalue weighted by molar-refractivity contribution is 6.23. The lowest BCUT2D eigenvalue weighted by molar-refractivity contribution is 0.443. The summed E-state index contributed by atoms with van der Waals surface area (Å²) in [5, 5.41) is 0. The van der Waals surface area contributed by atoms with Gasteiger partial charge in [0.05, 0.1) is 0 Å². The Morgan fingerprint density at radius 3 is 1.03 bits per heavy atom. The predicted molar refractivity (Wildman–Crippen MR) is 131 cm³/mol. The van der Waals surface area contributed by atoms with Crippen molar-refractivity contribution in [2.45, 2.75) is 6.92 Å². The smallest absolute Gasteiger partial charge is 0.0302 e. The van der Waals surface area contributed by atoms with Gasteiger partial charge in [0.2, 0.25) is 0 Å². The molecule has 0 bridgehead atoms. The summed E-state index contributed by atoms with van der Waals surface area (Å²) in [6, 6.07) is 43.8. The van der Waals surface area contributed by atoms with Gasteiger partial charge >= 0.3 is 0 Å². The van der Waals surface area contributed by atoms with Crippen LogP contribution in [0, 0.1) is 11.3 Å². The first-order valence-corrected chi connectivity index (χ1v) is 11.0. The fourth-order valence-corrected chi connectivity index (χ4v) is 5.81. The lowest BCUT2D eigenvalue weighted by Gasteiger charge is -2.62. The molecule has 0 heterocycles.